The number of hydrogen-bond acceptors (Lipinski definition) is 4. The van der Waals surface area contributed by atoms with Gasteiger partial charge in [-0.25, -0.2) is 4.99 Å². The van der Waals surface area contributed by atoms with E-state index in [0.717, 1.165) is 50.1 Å². The summed E-state index contributed by atoms with van der Waals surface area (Å²) < 4.78 is 8.78. The van der Waals surface area contributed by atoms with Crippen LogP contribution in [-0.2, 0) is 0 Å². The quantitative estimate of drug-likeness (QED) is 0.206. The van der Waals surface area contributed by atoms with Gasteiger partial charge in [0.25, 0.3) is 0 Å². The second kappa shape index (κ2) is 10.7. The summed E-state index contributed by atoms with van der Waals surface area (Å²) in [5, 5.41) is 14.6. The van der Waals surface area contributed by atoms with Crippen LogP contribution in [0.15, 0.2) is 167 Å². The largest absolute Gasteiger partial charge is 0.456 e. The molecule has 1 aliphatic heterocycles. The minimum Gasteiger partial charge on any atom is -0.456 e. The van der Waals surface area contributed by atoms with Crippen LogP contribution in [0, 0.1) is 0 Å². The fraction of sp³-hybridized carbons (Fsp3) is 0.0465. The highest BCUT2D eigenvalue weighted by atomic mass is 16.3. The first-order chi connectivity index (χ1) is 23.8. The first-order valence-electron chi connectivity index (χ1n) is 16.4. The lowest BCUT2D eigenvalue weighted by molar-refractivity contribution is 0.411. The molecule has 0 saturated heterocycles. The molecule has 1 aliphatic rings. The molecule has 228 valence electrons. The number of benzene rings is 7. The van der Waals surface area contributed by atoms with Crippen molar-refractivity contribution in [1.82, 2.24) is 15.2 Å². The lowest BCUT2D eigenvalue weighted by Crippen LogP contribution is -2.45. The molecule has 5 nitrogen and oxygen atoms in total. The highest BCUT2D eigenvalue weighted by molar-refractivity contribution is 6.18. The first-order valence-corrected chi connectivity index (χ1v) is 16.4. The number of nitrogens with one attached hydrogen (secondary N) is 2. The van der Waals surface area contributed by atoms with E-state index < -0.39 is 0 Å². The van der Waals surface area contributed by atoms with Crippen molar-refractivity contribution in [2.45, 2.75) is 12.3 Å². The summed E-state index contributed by atoms with van der Waals surface area (Å²) in [7, 11) is 0. The van der Waals surface area contributed by atoms with E-state index >= 15 is 0 Å². The Labute approximate surface area is 276 Å². The SMILES string of the molecule is c1ccc(C2=NC(c3ccccc3)NC(c3ccc(-n4c5ccccc5c5cc6c(cc54)oc4ccccc46)c4ccccc34)N2)cc1. The predicted molar refractivity (Wildman–Crippen MR) is 197 cm³/mol. The summed E-state index contributed by atoms with van der Waals surface area (Å²) in [6.07, 6.45) is -0.371. The predicted octanol–water partition coefficient (Wildman–Crippen LogP) is 10.2. The Morgan fingerprint density at radius 3 is 2.04 bits per heavy atom. The maximum Gasteiger partial charge on any atom is 0.137 e. The molecule has 0 bridgehead atoms. The van der Waals surface area contributed by atoms with Crippen LogP contribution in [0.25, 0.3) is 60.2 Å². The van der Waals surface area contributed by atoms with E-state index in [1.54, 1.807) is 0 Å². The summed E-state index contributed by atoms with van der Waals surface area (Å²) in [6.45, 7) is 0. The molecule has 0 aliphatic carbocycles. The van der Waals surface area contributed by atoms with E-state index in [2.05, 4.69) is 149 Å². The Kier molecular flexibility index (Phi) is 6.01. The van der Waals surface area contributed by atoms with Gasteiger partial charge in [-0.15, -0.1) is 0 Å². The van der Waals surface area contributed by atoms with E-state index in [-0.39, 0.29) is 12.3 Å². The minimum atomic E-state index is -0.199. The van der Waals surface area contributed by atoms with Crippen LogP contribution in [0.3, 0.4) is 0 Å². The molecular formula is C43H30N4O. The molecule has 5 heteroatoms. The molecule has 0 spiro atoms. The Hall–Kier alpha value is -6.17. The second-order valence-electron chi connectivity index (χ2n) is 12.4. The number of hydrogen-bond donors (Lipinski definition) is 2. The number of furan rings is 1. The number of para-hydroxylation sites is 2. The normalized spacial score (nSPS) is 16.5. The van der Waals surface area contributed by atoms with Gasteiger partial charge in [-0.05, 0) is 40.8 Å². The van der Waals surface area contributed by atoms with Gasteiger partial charge < -0.3 is 14.3 Å². The van der Waals surface area contributed by atoms with Crippen LogP contribution in [0.2, 0.25) is 0 Å². The zero-order chi connectivity index (χ0) is 31.6. The fourth-order valence-electron chi connectivity index (χ4n) is 7.47. The lowest BCUT2D eigenvalue weighted by Gasteiger charge is -2.33. The smallest absolute Gasteiger partial charge is 0.137 e. The average molecular weight is 619 g/mol. The highest BCUT2D eigenvalue weighted by Crippen LogP contribution is 2.40. The van der Waals surface area contributed by atoms with Crippen molar-refractivity contribution in [3.63, 3.8) is 0 Å². The molecule has 2 atom stereocenters. The Morgan fingerprint density at radius 2 is 1.21 bits per heavy atom. The highest BCUT2D eigenvalue weighted by Gasteiger charge is 2.27. The van der Waals surface area contributed by atoms with Crippen molar-refractivity contribution >= 4 is 60.4 Å². The molecule has 2 unspecified atom stereocenters. The first kappa shape index (κ1) is 27.0. The van der Waals surface area contributed by atoms with Gasteiger partial charge in [0.1, 0.15) is 29.3 Å². The molecule has 48 heavy (non-hydrogen) atoms. The summed E-state index contributed by atoms with van der Waals surface area (Å²) in [5.74, 6) is 0.874. The summed E-state index contributed by atoms with van der Waals surface area (Å²) in [4.78, 5) is 5.13. The molecule has 0 fully saturated rings. The van der Waals surface area contributed by atoms with Crippen molar-refractivity contribution in [1.29, 1.82) is 0 Å². The summed E-state index contributed by atoms with van der Waals surface area (Å²) in [5.41, 5.74) is 8.57. The number of rotatable bonds is 4. The molecule has 0 saturated carbocycles. The number of fused-ring (bicyclic) bond motifs is 7. The number of nitrogens with zero attached hydrogens (tertiary/aromatic N) is 2. The topological polar surface area (TPSA) is 54.5 Å². The van der Waals surface area contributed by atoms with Crippen molar-refractivity contribution in [2.24, 2.45) is 4.99 Å². The van der Waals surface area contributed by atoms with Crippen LogP contribution in [0.4, 0.5) is 0 Å². The van der Waals surface area contributed by atoms with Gasteiger partial charge >= 0.3 is 0 Å². The van der Waals surface area contributed by atoms with Crippen LogP contribution in [0.1, 0.15) is 29.0 Å². The van der Waals surface area contributed by atoms with Gasteiger partial charge in [-0.2, -0.15) is 0 Å². The lowest BCUT2D eigenvalue weighted by atomic mass is 9.99. The van der Waals surface area contributed by atoms with E-state index in [4.69, 9.17) is 9.41 Å². The van der Waals surface area contributed by atoms with Gasteiger partial charge in [0, 0.05) is 38.6 Å². The van der Waals surface area contributed by atoms with Crippen LogP contribution in [0.5, 0.6) is 0 Å². The van der Waals surface area contributed by atoms with Crippen LogP contribution in [-0.4, -0.2) is 10.4 Å². The Bertz CT molecular complexity index is 2690. The zero-order valence-corrected chi connectivity index (χ0v) is 26.0. The third kappa shape index (κ3) is 4.18. The van der Waals surface area contributed by atoms with Gasteiger partial charge in [-0.1, -0.05) is 127 Å². The molecular weight excluding hydrogens is 589 g/mol. The maximum absolute atomic E-state index is 6.39. The fourth-order valence-corrected chi connectivity index (χ4v) is 7.47. The molecule has 3 heterocycles. The number of aliphatic imine (C=N–C) groups is 1. The van der Waals surface area contributed by atoms with Crippen LogP contribution < -0.4 is 10.6 Å². The minimum absolute atomic E-state index is 0.171. The van der Waals surface area contributed by atoms with Gasteiger partial charge in [-0.3, -0.25) is 5.32 Å². The summed E-state index contributed by atoms with van der Waals surface area (Å²) in [6, 6.07) is 55.6. The van der Waals surface area contributed by atoms with Crippen molar-refractivity contribution in [3.8, 4) is 5.69 Å². The maximum atomic E-state index is 6.39. The molecule has 10 rings (SSSR count). The average Bonchev–Trinajstić information content (AvgIpc) is 3.68. The third-order valence-electron chi connectivity index (χ3n) is 9.68. The van der Waals surface area contributed by atoms with Crippen LogP contribution >= 0.6 is 0 Å². The number of amidine groups is 1. The van der Waals surface area contributed by atoms with Gasteiger partial charge in [0.15, 0.2) is 0 Å². The summed E-state index contributed by atoms with van der Waals surface area (Å²) >= 11 is 0. The Balaban J connectivity index is 1.17. The van der Waals surface area contributed by atoms with Crippen molar-refractivity contribution in [2.75, 3.05) is 0 Å². The van der Waals surface area contributed by atoms with Gasteiger partial charge in [0.05, 0.1) is 16.7 Å². The number of aromatic nitrogens is 1. The Morgan fingerprint density at radius 1 is 0.521 bits per heavy atom. The molecule has 0 amide bonds. The van der Waals surface area contributed by atoms with Crippen molar-refractivity contribution < 1.29 is 4.42 Å². The van der Waals surface area contributed by atoms with E-state index in [9.17, 15) is 0 Å². The molecule has 0 radical (unpaired) electrons. The molecule has 9 aromatic rings. The van der Waals surface area contributed by atoms with Crippen molar-refractivity contribution in [3.05, 3.63) is 174 Å². The van der Waals surface area contributed by atoms with E-state index in [0.29, 0.717) is 0 Å². The molecule has 2 N–H and O–H groups in total. The monoisotopic (exact) mass is 618 g/mol. The van der Waals surface area contributed by atoms with Gasteiger partial charge in [0.2, 0.25) is 0 Å². The molecule has 2 aromatic heterocycles. The van der Waals surface area contributed by atoms with E-state index in [1.807, 2.05) is 24.3 Å². The third-order valence-corrected chi connectivity index (χ3v) is 9.68. The zero-order valence-electron chi connectivity index (χ0n) is 26.0. The molecule has 7 aromatic carbocycles. The van der Waals surface area contributed by atoms with E-state index in [1.165, 1.54) is 32.6 Å². The standard InChI is InChI=1S/C43H30N4O/c1-3-13-27(14-4-1)41-44-42(28-15-5-2-6-16-28)46-43(45-41)33-23-24-37(30-18-8-7-17-29(30)33)47-36-21-11-9-19-31(36)34-25-35-32-20-10-12-22-39(32)48-40(35)26-38(34)47/h1-26,41,43,45H,(H,44,46). The second-order valence-corrected chi connectivity index (χ2v) is 12.4.